The Morgan fingerprint density at radius 2 is 2.21 bits per heavy atom. The first-order valence-corrected chi connectivity index (χ1v) is 7.94. The number of aromatic nitrogens is 2. The van der Waals surface area contributed by atoms with E-state index in [1.165, 1.54) is 17.9 Å². The average molecular weight is 347 g/mol. The van der Waals surface area contributed by atoms with E-state index in [1.54, 1.807) is 30.6 Å². The van der Waals surface area contributed by atoms with Crippen molar-refractivity contribution in [2.24, 2.45) is 0 Å². The molecular weight excluding hydrogens is 333 g/mol. The summed E-state index contributed by atoms with van der Waals surface area (Å²) in [6.07, 6.45) is 3.24. The molecule has 6 nitrogen and oxygen atoms in total. The number of fused-ring (bicyclic) bond motifs is 1. The molecule has 1 amide bonds. The van der Waals surface area contributed by atoms with Crippen molar-refractivity contribution in [3.63, 3.8) is 0 Å². The minimum atomic E-state index is -0.549. The third-order valence-electron chi connectivity index (χ3n) is 3.46. The van der Waals surface area contributed by atoms with E-state index in [1.807, 2.05) is 0 Å². The molecule has 2 aromatic heterocycles. The lowest BCUT2D eigenvalue weighted by molar-refractivity contribution is -0.122. The van der Waals surface area contributed by atoms with Gasteiger partial charge in [0.15, 0.2) is 0 Å². The number of thiophene rings is 1. The number of methoxy groups -OCH3 is 1. The van der Waals surface area contributed by atoms with Crippen LogP contribution in [0.1, 0.15) is 15.2 Å². The summed E-state index contributed by atoms with van der Waals surface area (Å²) >= 11 is 1.14. The van der Waals surface area contributed by atoms with Crippen LogP contribution in [0.5, 0.6) is 0 Å². The molecule has 24 heavy (non-hydrogen) atoms. The second-order valence-electron chi connectivity index (χ2n) is 4.99. The van der Waals surface area contributed by atoms with Gasteiger partial charge in [0.2, 0.25) is 5.91 Å². The summed E-state index contributed by atoms with van der Waals surface area (Å²) in [7, 11) is 1.27. The summed E-state index contributed by atoms with van der Waals surface area (Å²) in [4.78, 5) is 24.2. The van der Waals surface area contributed by atoms with Crippen LogP contribution in [0.4, 0.5) is 4.39 Å². The minimum absolute atomic E-state index is 0.0332. The predicted octanol–water partition coefficient (Wildman–Crippen LogP) is 2.34. The molecule has 0 aliphatic carbocycles. The Balaban J connectivity index is 1.87. The van der Waals surface area contributed by atoms with E-state index < -0.39 is 11.8 Å². The van der Waals surface area contributed by atoms with Crippen LogP contribution in [0.15, 0.2) is 36.7 Å². The lowest BCUT2D eigenvalue weighted by Gasteiger charge is -2.07. The second-order valence-corrected chi connectivity index (χ2v) is 6.05. The number of ether oxygens (including phenoxy) is 1. The van der Waals surface area contributed by atoms with Crippen molar-refractivity contribution >= 4 is 33.3 Å². The van der Waals surface area contributed by atoms with Gasteiger partial charge in [0.1, 0.15) is 17.2 Å². The molecule has 0 aliphatic heterocycles. The van der Waals surface area contributed by atoms with Crippen LogP contribution in [0.25, 0.3) is 10.1 Å². The number of benzene rings is 1. The highest BCUT2D eigenvalue weighted by Gasteiger charge is 2.21. The SMILES string of the molecule is COC(=O)c1sc2cccc(F)c2c1CNC(=O)Cn1cccn1. The third-order valence-corrected chi connectivity index (χ3v) is 4.64. The molecule has 124 valence electrons. The fourth-order valence-corrected chi connectivity index (χ4v) is 3.53. The maximum absolute atomic E-state index is 14.2. The molecule has 1 N–H and O–H groups in total. The summed E-state index contributed by atoms with van der Waals surface area (Å²) in [5.74, 6) is -1.27. The lowest BCUT2D eigenvalue weighted by Crippen LogP contribution is -2.27. The number of nitrogens with one attached hydrogen (secondary N) is 1. The molecular formula is C16H14FN3O3S. The van der Waals surface area contributed by atoms with Gasteiger partial charge in [-0.05, 0) is 18.2 Å². The summed E-state index contributed by atoms with van der Waals surface area (Å²) < 4.78 is 21.1. The second kappa shape index (κ2) is 6.79. The van der Waals surface area contributed by atoms with E-state index in [2.05, 4.69) is 10.4 Å². The van der Waals surface area contributed by atoms with E-state index in [0.717, 1.165) is 11.3 Å². The maximum Gasteiger partial charge on any atom is 0.348 e. The van der Waals surface area contributed by atoms with Crippen LogP contribution in [0.3, 0.4) is 0 Å². The number of rotatable bonds is 5. The fourth-order valence-electron chi connectivity index (χ4n) is 2.38. The summed E-state index contributed by atoms with van der Waals surface area (Å²) in [5, 5.41) is 6.98. The van der Waals surface area contributed by atoms with Crippen molar-refractivity contribution in [2.75, 3.05) is 7.11 Å². The summed E-state index contributed by atoms with van der Waals surface area (Å²) in [6, 6.07) is 6.34. The third kappa shape index (κ3) is 3.13. The predicted molar refractivity (Wildman–Crippen MR) is 87.2 cm³/mol. The molecule has 0 spiro atoms. The van der Waals surface area contributed by atoms with Crippen molar-refractivity contribution in [1.82, 2.24) is 15.1 Å². The van der Waals surface area contributed by atoms with E-state index in [9.17, 15) is 14.0 Å². The molecule has 0 radical (unpaired) electrons. The van der Waals surface area contributed by atoms with Gasteiger partial charge < -0.3 is 10.1 Å². The first kappa shape index (κ1) is 16.1. The van der Waals surface area contributed by atoms with Crippen molar-refractivity contribution in [3.8, 4) is 0 Å². The Morgan fingerprint density at radius 3 is 2.92 bits per heavy atom. The first-order chi connectivity index (χ1) is 11.6. The van der Waals surface area contributed by atoms with Crippen molar-refractivity contribution in [3.05, 3.63) is 52.9 Å². The normalized spacial score (nSPS) is 10.8. The number of carbonyl (C=O) groups is 2. The molecule has 0 bridgehead atoms. The van der Waals surface area contributed by atoms with E-state index in [0.29, 0.717) is 15.6 Å². The van der Waals surface area contributed by atoms with Gasteiger partial charge in [0.05, 0.1) is 7.11 Å². The van der Waals surface area contributed by atoms with E-state index in [4.69, 9.17) is 4.74 Å². The van der Waals surface area contributed by atoms with Gasteiger partial charge in [-0.3, -0.25) is 9.48 Å². The Labute approximate surface area is 140 Å². The Morgan fingerprint density at radius 1 is 1.38 bits per heavy atom. The molecule has 0 fully saturated rings. The van der Waals surface area contributed by atoms with Crippen LogP contribution < -0.4 is 5.32 Å². The summed E-state index contributed by atoms with van der Waals surface area (Å²) in [6.45, 7) is 0.0799. The standard InChI is InChI=1S/C16H14FN3O3S/c1-23-16(22)15-10(14-11(17)4-2-5-12(14)24-15)8-18-13(21)9-20-7-3-6-19-20/h2-7H,8-9H2,1H3,(H,18,21). The average Bonchev–Trinajstić information content (AvgIpc) is 3.20. The van der Waals surface area contributed by atoms with Crippen molar-refractivity contribution < 1.29 is 18.7 Å². The smallest absolute Gasteiger partial charge is 0.348 e. The van der Waals surface area contributed by atoms with Gasteiger partial charge >= 0.3 is 5.97 Å². The highest BCUT2D eigenvalue weighted by Crippen LogP contribution is 2.33. The lowest BCUT2D eigenvalue weighted by atomic mass is 10.1. The minimum Gasteiger partial charge on any atom is -0.465 e. The van der Waals surface area contributed by atoms with Crippen LogP contribution in [0, 0.1) is 5.82 Å². The number of halogens is 1. The van der Waals surface area contributed by atoms with E-state index >= 15 is 0 Å². The zero-order chi connectivity index (χ0) is 17.1. The van der Waals surface area contributed by atoms with Gasteiger partial charge in [-0.2, -0.15) is 5.10 Å². The number of esters is 1. The van der Waals surface area contributed by atoms with E-state index in [-0.39, 0.29) is 23.9 Å². The molecule has 3 rings (SSSR count). The molecule has 0 saturated heterocycles. The molecule has 0 unspecified atom stereocenters. The quantitative estimate of drug-likeness (QED) is 0.719. The Kier molecular flexibility index (Phi) is 4.57. The number of amides is 1. The maximum atomic E-state index is 14.2. The van der Waals surface area contributed by atoms with Crippen LogP contribution in [-0.4, -0.2) is 28.8 Å². The summed E-state index contributed by atoms with van der Waals surface area (Å²) in [5.41, 5.74) is 0.425. The molecule has 8 heteroatoms. The van der Waals surface area contributed by atoms with Crippen LogP contribution in [-0.2, 0) is 22.6 Å². The van der Waals surface area contributed by atoms with Crippen molar-refractivity contribution in [1.29, 1.82) is 0 Å². The van der Waals surface area contributed by atoms with Gasteiger partial charge in [-0.15, -0.1) is 11.3 Å². The highest BCUT2D eigenvalue weighted by atomic mass is 32.1. The highest BCUT2D eigenvalue weighted by molar-refractivity contribution is 7.21. The Hall–Kier alpha value is -2.74. The molecule has 2 heterocycles. The molecule has 0 saturated carbocycles. The van der Waals surface area contributed by atoms with Gasteiger partial charge in [-0.25, -0.2) is 9.18 Å². The van der Waals surface area contributed by atoms with Gasteiger partial charge in [0.25, 0.3) is 0 Å². The fraction of sp³-hybridized carbons (Fsp3) is 0.188. The molecule has 0 aliphatic rings. The molecule has 3 aromatic rings. The van der Waals surface area contributed by atoms with Gasteiger partial charge in [-0.1, -0.05) is 6.07 Å². The zero-order valence-corrected chi connectivity index (χ0v) is 13.6. The largest absolute Gasteiger partial charge is 0.465 e. The van der Waals surface area contributed by atoms with Crippen LogP contribution >= 0.6 is 11.3 Å². The molecule has 1 aromatic carbocycles. The first-order valence-electron chi connectivity index (χ1n) is 7.12. The Bertz CT molecular complexity index is 889. The van der Waals surface area contributed by atoms with Crippen molar-refractivity contribution in [2.45, 2.75) is 13.1 Å². The number of hydrogen-bond donors (Lipinski definition) is 1. The molecule has 0 atom stereocenters. The number of hydrogen-bond acceptors (Lipinski definition) is 5. The number of carbonyl (C=O) groups excluding carboxylic acids is 2. The topological polar surface area (TPSA) is 73.2 Å². The van der Waals surface area contributed by atoms with Gasteiger partial charge in [0, 0.05) is 34.6 Å². The number of nitrogens with zero attached hydrogens (tertiary/aromatic N) is 2. The monoisotopic (exact) mass is 347 g/mol. The van der Waals surface area contributed by atoms with Crippen LogP contribution in [0.2, 0.25) is 0 Å². The zero-order valence-electron chi connectivity index (χ0n) is 12.8.